The Hall–Kier alpha value is -9.10. The number of esters is 3. The number of nitrogens with one attached hydrogen (secondary N) is 2. The van der Waals surface area contributed by atoms with E-state index in [1.54, 1.807) is 95.3 Å². The van der Waals surface area contributed by atoms with Gasteiger partial charge in [-0.05, 0) is 243 Å². The number of hydrogen-bond donors (Lipinski definition) is 10. The first-order valence-corrected chi connectivity index (χ1v) is 39.1. The first kappa shape index (κ1) is 114. The molecule has 121 heavy (non-hydrogen) atoms. The number of nitrogens with zero attached hydrogens (tertiary/aromatic N) is 3. The van der Waals surface area contributed by atoms with Crippen LogP contribution in [0.1, 0.15) is 80.5 Å². The van der Waals surface area contributed by atoms with Crippen LogP contribution in [0.2, 0.25) is 0 Å². The Morgan fingerprint density at radius 1 is 0.545 bits per heavy atom. The normalized spacial score (nSPS) is 13.7. The summed E-state index contributed by atoms with van der Waals surface area (Å²) < 4.78 is 142. The Labute approximate surface area is 755 Å². The summed E-state index contributed by atoms with van der Waals surface area (Å²) in [5, 5.41) is 91.8. The maximum Gasteiger partial charge on any atom is 1.00 e. The zero-order valence-electron chi connectivity index (χ0n) is 67.4. The van der Waals surface area contributed by atoms with Crippen LogP contribution in [0.4, 0.5) is 46.5 Å². The molecule has 8 aromatic rings. The number of amides is 2. The molecule has 25 nitrogen and oxygen atoms in total. The number of thiol groups is 1. The molecule has 5 unspecified atom stereocenters. The number of methoxy groups -OCH3 is 3. The van der Waals surface area contributed by atoms with Gasteiger partial charge in [-0.15, -0.1) is 47.9 Å². The number of nitriles is 3. The summed E-state index contributed by atoms with van der Waals surface area (Å²) >= 11 is 7.66. The molecule has 0 spiro atoms. The molecule has 10 N–H and O–H groups in total. The molecule has 0 radical (unpaired) electrons. The van der Waals surface area contributed by atoms with Crippen molar-refractivity contribution < 1.29 is 184 Å². The maximum absolute atomic E-state index is 12.9. The van der Waals surface area contributed by atoms with Crippen LogP contribution < -0.4 is 62.0 Å². The van der Waals surface area contributed by atoms with Gasteiger partial charge in [0.05, 0.1) is 79.0 Å². The molecule has 1 saturated heterocycles. The predicted molar refractivity (Wildman–Crippen MR) is 436 cm³/mol. The molecule has 0 aromatic heterocycles. The molecule has 1 heterocycles. The topological polar surface area (TPSA) is 444 Å². The monoisotopic (exact) mass is 1810 g/mol. The van der Waals surface area contributed by atoms with Gasteiger partial charge in [-0.3, -0.25) is 20.1 Å². The number of alkyl halides is 3. The summed E-state index contributed by atoms with van der Waals surface area (Å²) in [5.74, 6) is -6.39. The number of anilines is 2. The van der Waals surface area contributed by atoms with E-state index in [0.29, 0.717) is 45.8 Å². The van der Waals surface area contributed by atoms with Crippen LogP contribution in [0.3, 0.4) is 0 Å². The fourth-order valence-corrected chi connectivity index (χ4v) is 12.6. The number of hydrogen-bond acceptors (Lipinski definition) is 26. The van der Waals surface area contributed by atoms with Gasteiger partial charge in [0.15, 0.2) is 32.2 Å². The summed E-state index contributed by atoms with van der Waals surface area (Å²) in [6, 6.07) is 46.1. The van der Waals surface area contributed by atoms with Crippen molar-refractivity contribution in [1.82, 2.24) is 0 Å². The van der Waals surface area contributed by atoms with Crippen molar-refractivity contribution in [3.8, 4) is 18.2 Å². The molecule has 0 aliphatic carbocycles. The first-order valence-electron chi connectivity index (χ1n) is 34.0. The number of epoxide rings is 1. The van der Waals surface area contributed by atoms with Gasteiger partial charge in [-0.2, -0.15) is 29.0 Å². The number of carboxylic acids is 1. The molecular weight excluding hydrogens is 1730 g/mol. The van der Waals surface area contributed by atoms with E-state index in [2.05, 4.69) is 50.1 Å². The second-order valence-electron chi connectivity index (χ2n) is 25.9. The standard InChI is InChI=1S/C18H17FN2O4S.C18H17FN2O2S.C11H13FO3S.C10H11FO3S.C9H6F3N.C6H5FS.C5H8O3.C5H8O2.K.H2O2.H2O/c1-12-9-15(6-3-13(12)10-20)21-17(22)18(2,23)11-26(24,25)16-7-4-14(19)5-8-16;1-12-9-15(6-3-13(12)10-20)21-17(22)18(2,23)11-24-16-7-4-14(19)5-8-16;1-11(14,10(13)15-2)7-16-9-5-3-8(12)4-6-9;1-10(14,9(12)13)6-15-8-4-2-7(11)3-5-8;1-6-2-3-7(5-13)8(4-6)9(10,11)12;7-5-1-3-6(8)4-2-5;1-5(3-8-5)4(6)7-2;1-4(2)5(6)7-3;;1-2;/h3-9,23H,11H2,1-2H3,(H,21,22);3-9,23H,11H2,1-2H3,(H,21,22);3-6,14H,7H2,1-2H3;2-5,14H,6H2,1H3,(H,12,13);2-4H,1H3;1-4,8H;3H2,1-2H3;1H2,2-3H3;;1-2H;1H2/q;;;;;;;;+1;;/p-1. The van der Waals surface area contributed by atoms with Gasteiger partial charge in [0.25, 0.3) is 11.8 Å². The number of carbonyl (C=O) groups is 6. The molecule has 1 aliphatic rings. The van der Waals surface area contributed by atoms with Crippen molar-refractivity contribution in [3.63, 3.8) is 0 Å². The first-order chi connectivity index (χ1) is 55.3. The Kier molecular flexibility index (Phi) is 51.2. The van der Waals surface area contributed by atoms with E-state index in [0.717, 1.165) is 62.4 Å². The van der Waals surface area contributed by atoms with Crippen LogP contribution in [-0.4, -0.2) is 165 Å². The number of aliphatic hydroxyl groups is 4. The number of aryl methyl sites for hydroxylation is 3. The van der Waals surface area contributed by atoms with Crippen molar-refractivity contribution in [2.45, 2.75) is 121 Å². The predicted octanol–water partition coefficient (Wildman–Crippen LogP) is 11.8. The number of halogens is 8. The Bertz CT molecular complexity index is 4920. The van der Waals surface area contributed by atoms with Crippen LogP contribution in [0.15, 0.2) is 213 Å². The number of thioether (sulfide) groups is 3. The van der Waals surface area contributed by atoms with Gasteiger partial charge in [0.2, 0.25) is 0 Å². The van der Waals surface area contributed by atoms with E-state index >= 15 is 0 Å². The number of sulfone groups is 1. The maximum atomic E-state index is 12.9. The van der Waals surface area contributed by atoms with Crippen molar-refractivity contribution in [3.05, 3.63) is 256 Å². The fourth-order valence-electron chi connectivity index (χ4n) is 8.14. The summed E-state index contributed by atoms with van der Waals surface area (Å²) in [7, 11) is -0.103. The largest absolute Gasteiger partial charge is 1.00 e. The van der Waals surface area contributed by atoms with E-state index in [9.17, 15) is 92.7 Å². The second-order valence-corrected chi connectivity index (χ2v) is 31.6. The van der Waals surface area contributed by atoms with E-state index in [1.165, 1.54) is 168 Å². The summed E-state index contributed by atoms with van der Waals surface area (Å²) in [6.07, 6.45) is -4.45. The van der Waals surface area contributed by atoms with E-state index in [4.69, 9.17) is 36.1 Å². The third-order valence-corrected chi connectivity index (χ3v) is 21.2. The molecule has 648 valence electrons. The molecule has 9 rings (SSSR count). The van der Waals surface area contributed by atoms with Crippen molar-refractivity contribution in [2.75, 3.05) is 61.6 Å². The Morgan fingerprint density at radius 2 is 0.884 bits per heavy atom. The van der Waals surface area contributed by atoms with E-state index < -0.39 is 84.9 Å². The van der Waals surface area contributed by atoms with Crippen LogP contribution >= 0.6 is 47.9 Å². The number of benzene rings is 8. The molecule has 0 saturated carbocycles. The molecule has 0 bridgehead atoms. The van der Waals surface area contributed by atoms with E-state index in [1.807, 2.05) is 6.07 Å². The van der Waals surface area contributed by atoms with Crippen LogP contribution in [0, 0.1) is 83.9 Å². The van der Waals surface area contributed by atoms with Gasteiger partial charge < -0.3 is 60.6 Å². The number of rotatable bonds is 20. The smallest absolute Gasteiger partial charge is 0.870 e. The molecule has 2 amide bonds. The third-order valence-electron chi connectivity index (χ3n) is 15.1. The van der Waals surface area contributed by atoms with E-state index in [-0.39, 0.29) is 120 Å². The summed E-state index contributed by atoms with van der Waals surface area (Å²) in [4.78, 5) is 69.9. The number of ether oxygens (including phenoxy) is 4. The molecule has 8 aromatic carbocycles. The quantitative estimate of drug-likeness (QED) is 0.00289. The van der Waals surface area contributed by atoms with Crippen LogP contribution in [-0.2, 0) is 63.7 Å². The van der Waals surface area contributed by atoms with Gasteiger partial charge >= 0.3 is 81.4 Å². The summed E-state index contributed by atoms with van der Waals surface area (Å²) in [5.41, 5.74) is -4.80. The molecule has 1 fully saturated rings. The van der Waals surface area contributed by atoms with Crippen molar-refractivity contribution in [1.29, 1.82) is 15.8 Å². The van der Waals surface area contributed by atoms with Crippen molar-refractivity contribution >= 4 is 105 Å². The van der Waals surface area contributed by atoms with Crippen molar-refractivity contribution in [2.24, 2.45) is 0 Å². The zero-order chi connectivity index (χ0) is 91.0. The number of carboxylic acid groups (broad SMARTS) is 1. The zero-order valence-corrected chi connectivity index (χ0v) is 74.7. The molecule has 5 atom stereocenters. The van der Waals surface area contributed by atoms with Gasteiger partial charge in [-0.1, -0.05) is 18.2 Å². The van der Waals surface area contributed by atoms with Crippen LogP contribution in [0.5, 0.6) is 0 Å². The van der Waals surface area contributed by atoms with Crippen LogP contribution in [0.25, 0.3) is 0 Å². The van der Waals surface area contributed by atoms with Gasteiger partial charge in [0.1, 0.15) is 34.7 Å². The average Bonchev–Trinajstić information content (AvgIpc) is 1.78. The van der Waals surface area contributed by atoms with Gasteiger partial charge in [0, 0.05) is 53.8 Å². The Balaban J connectivity index is 0. The Morgan fingerprint density at radius 3 is 1.17 bits per heavy atom. The molecule has 1 aliphatic heterocycles. The third kappa shape index (κ3) is 43.0. The number of carbonyl (C=O) groups excluding carboxylic acids is 5. The summed E-state index contributed by atoms with van der Waals surface area (Å²) in [6.45, 7) is 17.3. The number of aliphatic carboxylic acids is 1. The minimum absolute atomic E-state index is 0. The van der Waals surface area contributed by atoms with Gasteiger partial charge in [-0.25, -0.2) is 49.5 Å². The minimum Gasteiger partial charge on any atom is -0.870 e. The second kappa shape index (κ2) is 54.4. The average molecular weight is 1820 g/mol. The SMILES string of the molecule is C=C(C)C(=O)OC.CC(O)(CSc1ccc(F)cc1)C(=O)O.COC(=O)C(C)(O)CSc1ccc(F)cc1.COC(=O)C1(C)CO1.Cc1cc(NC(=O)C(C)(O)CS(=O)(=O)c2ccc(F)cc2)ccc1C#N.Cc1cc(NC(=O)C(C)(O)CSc2ccc(F)cc2)ccc1C#N.Cc1ccc(C#N)c(C(F)(F)F)c1.Fc1ccc(S)cc1.OO.[K+].[OH-]. The molecule has 39 heteroatoms. The fraction of sp³-hybridized carbons (Fsp3) is 0.280. The molecular formula is C82H88F8KN5O20S5. The minimum atomic E-state index is -4.45.